The molecular formula is C15H22N2O2. The van der Waals surface area contributed by atoms with Gasteiger partial charge in [0.1, 0.15) is 6.04 Å². The van der Waals surface area contributed by atoms with E-state index in [1.807, 2.05) is 30.1 Å². The van der Waals surface area contributed by atoms with E-state index in [0.29, 0.717) is 6.54 Å². The van der Waals surface area contributed by atoms with E-state index in [-0.39, 0.29) is 12.5 Å². The Bertz CT molecular complexity index is 473. The highest BCUT2D eigenvalue weighted by atomic mass is 16.3. The Kier molecular flexibility index (Phi) is 4.22. The second-order valence-electron chi connectivity index (χ2n) is 5.29. The predicted octanol–water partition coefficient (Wildman–Crippen LogP) is 1.33. The lowest BCUT2D eigenvalue weighted by atomic mass is 10.1. The largest absolute Gasteiger partial charge is 0.394 e. The number of likely N-dealkylation sites (N-methyl/N-ethyl adjacent to an activating group) is 1. The molecule has 1 amide bonds. The van der Waals surface area contributed by atoms with Crippen LogP contribution in [0.15, 0.2) is 18.2 Å². The monoisotopic (exact) mass is 262 g/mol. The molecule has 1 N–H and O–H groups in total. The van der Waals surface area contributed by atoms with E-state index >= 15 is 0 Å². The fourth-order valence-electron chi connectivity index (χ4n) is 2.48. The quantitative estimate of drug-likeness (QED) is 0.874. The van der Waals surface area contributed by atoms with Gasteiger partial charge in [-0.15, -0.1) is 0 Å². The van der Waals surface area contributed by atoms with Crippen molar-refractivity contribution < 1.29 is 9.90 Å². The molecule has 1 aliphatic rings. The molecule has 4 nitrogen and oxygen atoms in total. The van der Waals surface area contributed by atoms with Crippen molar-refractivity contribution in [3.8, 4) is 0 Å². The Hall–Kier alpha value is -1.39. The number of hydrogen-bond donors (Lipinski definition) is 1. The molecule has 0 bridgehead atoms. The van der Waals surface area contributed by atoms with Crippen molar-refractivity contribution in [2.24, 2.45) is 0 Å². The molecule has 1 atom stereocenters. The Morgan fingerprint density at radius 1 is 1.26 bits per heavy atom. The lowest BCUT2D eigenvalue weighted by molar-refractivity contribution is -0.123. The number of rotatable bonds is 2. The van der Waals surface area contributed by atoms with Gasteiger partial charge in [0.25, 0.3) is 0 Å². The van der Waals surface area contributed by atoms with Crippen LogP contribution in [-0.2, 0) is 4.79 Å². The zero-order chi connectivity index (χ0) is 14.0. The van der Waals surface area contributed by atoms with Gasteiger partial charge in [0.05, 0.1) is 6.61 Å². The molecule has 4 heteroatoms. The number of anilines is 1. The molecule has 1 saturated heterocycles. The number of nitrogens with zero attached hydrogens (tertiary/aromatic N) is 2. The van der Waals surface area contributed by atoms with Crippen LogP contribution in [0.25, 0.3) is 0 Å². The highest BCUT2D eigenvalue weighted by molar-refractivity contribution is 5.97. The van der Waals surface area contributed by atoms with Crippen LogP contribution in [0.1, 0.15) is 17.5 Å². The van der Waals surface area contributed by atoms with E-state index < -0.39 is 6.04 Å². The molecule has 0 aromatic heterocycles. The van der Waals surface area contributed by atoms with Crippen molar-refractivity contribution in [2.45, 2.75) is 26.3 Å². The van der Waals surface area contributed by atoms with Gasteiger partial charge in [0.2, 0.25) is 5.91 Å². The van der Waals surface area contributed by atoms with Crippen molar-refractivity contribution in [1.82, 2.24) is 4.90 Å². The van der Waals surface area contributed by atoms with Crippen LogP contribution in [0, 0.1) is 13.8 Å². The second-order valence-corrected chi connectivity index (χ2v) is 5.29. The first-order valence-corrected chi connectivity index (χ1v) is 6.74. The van der Waals surface area contributed by atoms with Crippen LogP contribution in [0.5, 0.6) is 0 Å². The first kappa shape index (κ1) is 14.0. The molecule has 0 radical (unpaired) electrons. The summed E-state index contributed by atoms with van der Waals surface area (Å²) in [6.07, 6.45) is 0.922. The average molecular weight is 262 g/mol. The summed E-state index contributed by atoms with van der Waals surface area (Å²) in [5.74, 6) is -0.00856. The van der Waals surface area contributed by atoms with Crippen molar-refractivity contribution in [3.05, 3.63) is 29.3 Å². The molecule has 2 rings (SSSR count). The van der Waals surface area contributed by atoms with Gasteiger partial charge in [-0.1, -0.05) is 6.07 Å². The molecule has 19 heavy (non-hydrogen) atoms. The van der Waals surface area contributed by atoms with Crippen molar-refractivity contribution >= 4 is 11.6 Å². The van der Waals surface area contributed by atoms with E-state index in [4.69, 9.17) is 0 Å². The first-order chi connectivity index (χ1) is 9.04. The summed E-state index contributed by atoms with van der Waals surface area (Å²) >= 11 is 0. The van der Waals surface area contributed by atoms with Crippen LogP contribution in [-0.4, -0.2) is 48.7 Å². The predicted molar refractivity (Wildman–Crippen MR) is 76.4 cm³/mol. The van der Waals surface area contributed by atoms with Crippen LogP contribution in [0.4, 0.5) is 5.69 Å². The molecule has 0 aliphatic carbocycles. The van der Waals surface area contributed by atoms with E-state index in [1.165, 1.54) is 11.1 Å². The molecule has 1 aromatic rings. The third-order valence-electron chi connectivity index (χ3n) is 3.95. The van der Waals surface area contributed by atoms with Crippen molar-refractivity contribution in [1.29, 1.82) is 0 Å². The molecule has 1 fully saturated rings. The number of carbonyl (C=O) groups is 1. The lowest BCUT2D eigenvalue weighted by Crippen LogP contribution is -2.46. The summed E-state index contributed by atoms with van der Waals surface area (Å²) in [5, 5.41) is 9.43. The van der Waals surface area contributed by atoms with Crippen LogP contribution in [0.2, 0.25) is 0 Å². The summed E-state index contributed by atoms with van der Waals surface area (Å²) in [5.41, 5.74) is 3.34. The summed E-state index contributed by atoms with van der Waals surface area (Å²) in [6, 6.07) is 5.65. The molecule has 1 aromatic carbocycles. The Balaban J connectivity index is 2.31. The summed E-state index contributed by atoms with van der Waals surface area (Å²) < 4.78 is 0. The number of carbonyl (C=O) groups excluding carboxylic acids is 1. The van der Waals surface area contributed by atoms with Crippen LogP contribution in [0.3, 0.4) is 0 Å². The standard InChI is InChI=1S/C15H22N2O2/c1-11-5-6-13(9-12(11)2)17-8-4-7-16(3)14(10-18)15(17)19/h5-6,9,14,18H,4,7-8,10H2,1-3H3. The number of aliphatic hydroxyl groups excluding tert-OH is 1. The van der Waals surface area contributed by atoms with Crippen molar-refractivity contribution in [3.63, 3.8) is 0 Å². The number of amides is 1. The SMILES string of the molecule is Cc1ccc(N2CCCN(C)C(CO)C2=O)cc1C. The fraction of sp³-hybridized carbons (Fsp3) is 0.533. The van der Waals surface area contributed by atoms with Gasteiger partial charge in [-0.2, -0.15) is 0 Å². The normalized spacial score (nSPS) is 21.6. The number of hydrogen-bond acceptors (Lipinski definition) is 3. The Morgan fingerprint density at radius 2 is 2.00 bits per heavy atom. The van der Waals surface area contributed by atoms with Gasteiger partial charge in [-0.3, -0.25) is 9.69 Å². The fourth-order valence-corrected chi connectivity index (χ4v) is 2.48. The van der Waals surface area contributed by atoms with Gasteiger partial charge in [-0.05, 0) is 50.6 Å². The van der Waals surface area contributed by atoms with Crippen LogP contribution < -0.4 is 4.90 Å². The minimum Gasteiger partial charge on any atom is -0.394 e. The van der Waals surface area contributed by atoms with Gasteiger partial charge in [0.15, 0.2) is 0 Å². The molecule has 0 saturated carbocycles. The maximum Gasteiger partial charge on any atom is 0.246 e. The second kappa shape index (κ2) is 5.72. The minimum absolute atomic E-state index is 0.00856. The third kappa shape index (κ3) is 2.80. The van der Waals surface area contributed by atoms with E-state index in [9.17, 15) is 9.90 Å². The highest BCUT2D eigenvalue weighted by Crippen LogP contribution is 2.22. The topological polar surface area (TPSA) is 43.8 Å². The van der Waals surface area contributed by atoms with Gasteiger partial charge in [-0.25, -0.2) is 0 Å². The zero-order valence-corrected chi connectivity index (χ0v) is 11.9. The molecule has 1 unspecified atom stereocenters. The maximum absolute atomic E-state index is 12.5. The summed E-state index contributed by atoms with van der Waals surface area (Å²) in [6.45, 7) is 5.53. The van der Waals surface area contributed by atoms with Crippen molar-refractivity contribution in [2.75, 3.05) is 31.6 Å². The number of benzene rings is 1. The molecule has 1 aliphatic heterocycles. The van der Waals surface area contributed by atoms with E-state index in [2.05, 4.69) is 13.8 Å². The molecule has 0 spiro atoms. The smallest absolute Gasteiger partial charge is 0.246 e. The van der Waals surface area contributed by atoms with Gasteiger partial charge < -0.3 is 10.0 Å². The molecule has 1 heterocycles. The van der Waals surface area contributed by atoms with E-state index in [1.54, 1.807) is 4.90 Å². The third-order valence-corrected chi connectivity index (χ3v) is 3.95. The highest BCUT2D eigenvalue weighted by Gasteiger charge is 2.30. The van der Waals surface area contributed by atoms with E-state index in [0.717, 1.165) is 18.7 Å². The number of aliphatic hydroxyl groups is 1. The minimum atomic E-state index is -0.427. The summed E-state index contributed by atoms with van der Waals surface area (Å²) in [4.78, 5) is 16.2. The Morgan fingerprint density at radius 3 is 2.63 bits per heavy atom. The maximum atomic E-state index is 12.5. The summed E-state index contributed by atoms with van der Waals surface area (Å²) in [7, 11) is 1.89. The molecular weight excluding hydrogens is 240 g/mol. The zero-order valence-electron chi connectivity index (χ0n) is 11.9. The first-order valence-electron chi connectivity index (χ1n) is 6.74. The average Bonchev–Trinajstić information content (AvgIpc) is 2.52. The molecule has 104 valence electrons. The lowest BCUT2D eigenvalue weighted by Gasteiger charge is -2.27. The Labute approximate surface area is 114 Å². The number of aryl methyl sites for hydroxylation is 2. The van der Waals surface area contributed by atoms with Gasteiger partial charge in [0, 0.05) is 18.8 Å². The van der Waals surface area contributed by atoms with Crippen LogP contribution >= 0.6 is 0 Å². The van der Waals surface area contributed by atoms with Gasteiger partial charge >= 0.3 is 0 Å².